The molecule has 1 aromatic carbocycles. The van der Waals surface area contributed by atoms with Gasteiger partial charge in [0.25, 0.3) is 0 Å². The number of ether oxygens (including phenoxy) is 1. The van der Waals surface area contributed by atoms with Crippen LogP contribution in [-0.4, -0.2) is 16.5 Å². The van der Waals surface area contributed by atoms with Crippen molar-refractivity contribution in [3.63, 3.8) is 0 Å². The monoisotopic (exact) mass is 257 g/mol. The van der Waals surface area contributed by atoms with E-state index in [1.165, 1.54) is 5.56 Å². The Balaban J connectivity index is 2.09. The fourth-order valence-corrected chi connectivity index (χ4v) is 1.69. The van der Waals surface area contributed by atoms with Crippen LogP contribution in [0.5, 0.6) is 11.6 Å². The van der Waals surface area contributed by atoms with Crippen molar-refractivity contribution in [3.8, 4) is 11.6 Å². The van der Waals surface area contributed by atoms with Crippen LogP contribution < -0.4 is 10.1 Å². The van der Waals surface area contributed by atoms with Crippen molar-refractivity contribution >= 4 is 5.82 Å². The molecule has 0 saturated heterocycles. The van der Waals surface area contributed by atoms with Gasteiger partial charge in [0.05, 0.1) is 12.4 Å². The summed E-state index contributed by atoms with van der Waals surface area (Å²) in [6.07, 6.45) is 5.35. The van der Waals surface area contributed by atoms with Gasteiger partial charge in [0, 0.05) is 6.54 Å². The molecule has 0 radical (unpaired) electrons. The van der Waals surface area contributed by atoms with Gasteiger partial charge in [-0.25, -0.2) is 0 Å². The third-order valence-corrected chi connectivity index (χ3v) is 2.70. The molecular formula is C15H19N3O. The molecule has 0 aliphatic heterocycles. The Morgan fingerprint density at radius 3 is 2.89 bits per heavy atom. The third kappa shape index (κ3) is 3.95. The molecule has 0 saturated carbocycles. The van der Waals surface area contributed by atoms with Gasteiger partial charge in [0.1, 0.15) is 11.6 Å². The molecule has 0 aliphatic carbocycles. The van der Waals surface area contributed by atoms with Crippen LogP contribution in [0.3, 0.4) is 0 Å². The first-order valence-electron chi connectivity index (χ1n) is 6.64. The average Bonchev–Trinajstić information content (AvgIpc) is 2.46. The SMILES string of the molecule is CCCNc1cncc(Oc2cccc(CC)c2)n1. The summed E-state index contributed by atoms with van der Waals surface area (Å²) in [7, 11) is 0. The predicted molar refractivity (Wildman–Crippen MR) is 76.7 cm³/mol. The highest BCUT2D eigenvalue weighted by atomic mass is 16.5. The normalized spacial score (nSPS) is 10.2. The van der Waals surface area contributed by atoms with E-state index in [0.29, 0.717) is 5.88 Å². The number of hydrogen-bond acceptors (Lipinski definition) is 4. The zero-order valence-corrected chi connectivity index (χ0v) is 11.4. The fourth-order valence-electron chi connectivity index (χ4n) is 1.69. The Bertz CT molecular complexity index is 528. The van der Waals surface area contributed by atoms with Gasteiger partial charge >= 0.3 is 0 Å². The lowest BCUT2D eigenvalue weighted by Gasteiger charge is -2.08. The molecule has 1 aromatic heterocycles. The second-order valence-electron chi connectivity index (χ2n) is 4.27. The number of benzene rings is 1. The number of aryl methyl sites for hydroxylation is 1. The molecule has 100 valence electrons. The summed E-state index contributed by atoms with van der Waals surface area (Å²) in [5.74, 6) is 2.04. The van der Waals surface area contributed by atoms with Crippen LogP contribution >= 0.6 is 0 Å². The molecule has 0 amide bonds. The molecule has 0 fully saturated rings. The van der Waals surface area contributed by atoms with Crippen LogP contribution in [0.25, 0.3) is 0 Å². The van der Waals surface area contributed by atoms with Crippen molar-refractivity contribution in [1.29, 1.82) is 0 Å². The molecular weight excluding hydrogens is 238 g/mol. The molecule has 2 rings (SSSR count). The lowest BCUT2D eigenvalue weighted by molar-refractivity contribution is 0.460. The topological polar surface area (TPSA) is 47.0 Å². The van der Waals surface area contributed by atoms with Crippen molar-refractivity contribution in [2.24, 2.45) is 0 Å². The van der Waals surface area contributed by atoms with Crippen LogP contribution in [0.1, 0.15) is 25.8 Å². The lowest BCUT2D eigenvalue weighted by Crippen LogP contribution is -2.03. The minimum absolute atomic E-state index is 0.509. The maximum atomic E-state index is 5.73. The van der Waals surface area contributed by atoms with Crippen molar-refractivity contribution < 1.29 is 4.74 Å². The van der Waals surface area contributed by atoms with Gasteiger partial charge in [-0.2, -0.15) is 4.98 Å². The van der Waals surface area contributed by atoms with Gasteiger partial charge in [-0.05, 0) is 30.5 Å². The largest absolute Gasteiger partial charge is 0.437 e. The molecule has 4 heteroatoms. The third-order valence-electron chi connectivity index (χ3n) is 2.70. The van der Waals surface area contributed by atoms with Crippen molar-refractivity contribution in [3.05, 3.63) is 42.2 Å². The first-order valence-corrected chi connectivity index (χ1v) is 6.64. The maximum absolute atomic E-state index is 5.73. The Morgan fingerprint density at radius 1 is 1.21 bits per heavy atom. The smallest absolute Gasteiger partial charge is 0.239 e. The van der Waals surface area contributed by atoms with E-state index < -0.39 is 0 Å². The highest BCUT2D eigenvalue weighted by Gasteiger charge is 2.02. The molecule has 0 unspecified atom stereocenters. The first kappa shape index (κ1) is 13.3. The van der Waals surface area contributed by atoms with Gasteiger partial charge in [0.15, 0.2) is 0 Å². The predicted octanol–water partition coefficient (Wildman–Crippen LogP) is 3.65. The van der Waals surface area contributed by atoms with Crippen molar-refractivity contribution in [2.75, 3.05) is 11.9 Å². The number of rotatable bonds is 6. The average molecular weight is 257 g/mol. The van der Waals surface area contributed by atoms with Gasteiger partial charge in [-0.1, -0.05) is 26.0 Å². The summed E-state index contributed by atoms with van der Waals surface area (Å²) in [4.78, 5) is 8.49. The molecule has 0 bridgehead atoms. The number of aromatic nitrogens is 2. The summed E-state index contributed by atoms with van der Waals surface area (Å²) < 4.78 is 5.73. The highest BCUT2D eigenvalue weighted by molar-refractivity contribution is 5.36. The standard InChI is InChI=1S/C15H19N3O/c1-3-8-17-14-10-16-11-15(18-14)19-13-7-5-6-12(4-2)9-13/h5-7,9-11H,3-4,8H2,1-2H3,(H,17,18). The minimum Gasteiger partial charge on any atom is -0.437 e. The second kappa shape index (κ2) is 6.73. The van der Waals surface area contributed by atoms with Crippen molar-refractivity contribution in [2.45, 2.75) is 26.7 Å². The summed E-state index contributed by atoms with van der Waals surface area (Å²) >= 11 is 0. The maximum Gasteiger partial charge on any atom is 0.239 e. The molecule has 4 nitrogen and oxygen atoms in total. The number of hydrogen-bond donors (Lipinski definition) is 1. The summed E-state index contributed by atoms with van der Waals surface area (Å²) in [5.41, 5.74) is 1.24. The van der Waals surface area contributed by atoms with E-state index in [4.69, 9.17) is 4.74 Å². The van der Waals surface area contributed by atoms with E-state index in [1.54, 1.807) is 12.4 Å². The van der Waals surface area contributed by atoms with Gasteiger partial charge < -0.3 is 10.1 Å². The van der Waals surface area contributed by atoms with Crippen LogP contribution in [0, 0.1) is 0 Å². The molecule has 1 N–H and O–H groups in total. The first-order chi connectivity index (χ1) is 9.31. The summed E-state index contributed by atoms with van der Waals surface area (Å²) in [6.45, 7) is 5.11. The molecule has 1 heterocycles. The number of anilines is 1. The van der Waals surface area contributed by atoms with Gasteiger partial charge in [-0.3, -0.25) is 4.98 Å². The van der Waals surface area contributed by atoms with E-state index in [0.717, 1.165) is 31.0 Å². The molecule has 19 heavy (non-hydrogen) atoms. The number of nitrogens with one attached hydrogen (secondary N) is 1. The van der Waals surface area contributed by atoms with E-state index in [-0.39, 0.29) is 0 Å². The lowest BCUT2D eigenvalue weighted by atomic mass is 10.2. The van der Waals surface area contributed by atoms with E-state index >= 15 is 0 Å². The molecule has 0 aliphatic rings. The van der Waals surface area contributed by atoms with Crippen LogP contribution in [0.15, 0.2) is 36.7 Å². The Labute approximate surface area is 113 Å². The zero-order valence-electron chi connectivity index (χ0n) is 11.4. The van der Waals surface area contributed by atoms with Crippen LogP contribution in [0.2, 0.25) is 0 Å². The zero-order chi connectivity index (χ0) is 13.5. The van der Waals surface area contributed by atoms with E-state index in [9.17, 15) is 0 Å². The molecule has 0 spiro atoms. The fraction of sp³-hybridized carbons (Fsp3) is 0.333. The van der Waals surface area contributed by atoms with E-state index in [2.05, 4.69) is 35.2 Å². The second-order valence-corrected chi connectivity index (χ2v) is 4.27. The number of nitrogens with zero attached hydrogens (tertiary/aromatic N) is 2. The van der Waals surface area contributed by atoms with Crippen molar-refractivity contribution in [1.82, 2.24) is 9.97 Å². The van der Waals surface area contributed by atoms with Crippen LogP contribution in [0.4, 0.5) is 5.82 Å². The Morgan fingerprint density at radius 2 is 2.11 bits per heavy atom. The Kier molecular flexibility index (Phi) is 4.72. The summed E-state index contributed by atoms with van der Waals surface area (Å²) in [5, 5.41) is 3.19. The highest BCUT2D eigenvalue weighted by Crippen LogP contribution is 2.21. The van der Waals surface area contributed by atoms with Gasteiger partial charge in [-0.15, -0.1) is 0 Å². The summed E-state index contributed by atoms with van der Waals surface area (Å²) in [6, 6.07) is 8.01. The van der Waals surface area contributed by atoms with Crippen LogP contribution in [-0.2, 0) is 6.42 Å². The quantitative estimate of drug-likeness (QED) is 0.858. The van der Waals surface area contributed by atoms with Gasteiger partial charge in [0.2, 0.25) is 5.88 Å². The minimum atomic E-state index is 0.509. The van der Waals surface area contributed by atoms with E-state index in [1.807, 2.05) is 18.2 Å². The molecule has 2 aromatic rings. The molecule has 0 atom stereocenters. The Hall–Kier alpha value is -2.10.